The van der Waals surface area contributed by atoms with Crippen molar-refractivity contribution >= 4 is 34.0 Å². The second kappa shape index (κ2) is 6.71. The topological polar surface area (TPSA) is 58.4 Å². The maximum absolute atomic E-state index is 10.9. The number of nitro groups is 1. The second-order valence-corrected chi connectivity index (χ2v) is 6.46. The van der Waals surface area contributed by atoms with Gasteiger partial charge in [0.05, 0.1) is 8.49 Å². The van der Waals surface area contributed by atoms with Gasteiger partial charge in [0.15, 0.2) is 0 Å². The Morgan fingerprint density at radius 3 is 2.50 bits per heavy atom. The standard InChI is InChI=1S/C14H20IN3O2/c1-16-10-3-5-11(6-4-10)17(2)12-7-8-14(18(19)20)13(15)9-12/h7-11,16H,3-6H2,1-2H3. The minimum absolute atomic E-state index is 0.182. The Hall–Kier alpha value is -0.890. The summed E-state index contributed by atoms with van der Waals surface area (Å²) in [5.74, 6) is 0. The average molecular weight is 389 g/mol. The highest BCUT2D eigenvalue weighted by molar-refractivity contribution is 14.1. The summed E-state index contributed by atoms with van der Waals surface area (Å²) in [5, 5.41) is 14.2. The predicted molar refractivity (Wildman–Crippen MR) is 89.3 cm³/mol. The summed E-state index contributed by atoms with van der Waals surface area (Å²) < 4.78 is 0.695. The number of hydrogen-bond acceptors (Lipinski definition) is 4. The summed E-state index contributed by atoms with van der Waals surface area (Å²) in [4.78, 5) is 12.8. The van der Waals surface area contributed by atoms with Crippen LogP contribution in [-0.2, 0) is 0 Å². The van der Waals surface area contributed by atoms with Gasteiger partial charge in [-0.2, -0.15) is 0 Å². The Balaban J connectivity index is 2.08. The fourth-order valence-corrected chi connectivity index (χ4v) is 3.52. The molecule has 1 saturated carbocycles. The first kappa shape index (κ1) is 15.5. The van der Waals surface area contributed by atoms with Crippen LogP contribution in [0.15, 0.2) is 18.2 Å². The normalized spacial score (nSPS) is 22.6. The molecule has 20 heavy (non-hydrogen) atoms. The van der Waals surface area contributed by atoms with E-state index >= 15 is 0 Å². The molecule has 0 saturated heterocycles. The molecule has 0 aromatic heterocycles. The van der Waals surface area contributed by atoms with E-state index in [9.17, 15) is 10.1 Å². The SMILES string of the molecule is CNC1CCC(N(C)c2ccc([N+](=O)[O-])c(I)c2)CC1. The van der Waals surface area contributed by atoms with Gasteiger partial charge in [0.25, 0.3) is 5.69 Å². The third-order valence-corrected chi connectivity index (χ3v) is 5.05. The predicted octanol–water partition coefficient (Wildman–Crippen LogP) is 3.17. The molecule has 1 aliphatic rings. The van der Waals surface area contributed by atoms with Gasteiger partial charge in [-0.1, -0.05) is 0 Å². The largest absolute Gasteiger partial charge is 0.372 e. The molecule has 1 aromatic rings. The van der Waals surface area contributed by atoms with Crippen LogP contribution >= 0.6 is 22.6 Å². The summed E-state index contributed by atoms with van der Waals surface area (Å²) in [6, 6.07) is 6.52. The Labute approximate surface area is 133 Å². The van der Waals surface area contributed by atoms with Gasteiger partial charge >= 0.3 is 0 Å². The lowest BCUT2D eigenvalue weighted by atomic mass is 9.90. The molecule has 0 aliphatic heterocycles. The van der Waals surface area contributed by atoms with Crippen LogP contribution in [0.1, 0.15) is 25.7 Å². The zero-order chi connectivity index (χ0) is 14.7. The van der Waals surface area contributed by atoms with Crippen molar-refractivity contribution in [3.8, 4) is 0 Å². The van der Waals surface area contributed by atoms with E-state index in [2.05, 4.69) is 17.3 Å². The van der Waals surface area contributed by atoms with Crippen LogP contribution in [0.5, 0.6) is 0 Å². The molecule has 1 aliphatic carbocycles. The van der Waals surface area contributed by atoms with Gasteiger partial charge in [-0.15, -0.1) is 0 Å². The number of nitro benzene ring substituents is 1. The highest BCUT2D eigenvalue weighted by atomic mass is 127. The molecule has 1 fully saturated rings. The van der Waals surface area contributed by atoms with Crippen molar-refractivity contribution in [2.75, 3.05) is 19.0 Å². The first-order valence-electron chi connectivity index (χ1n) is 6.87. The molecule has 1 N–H and O–H groups in total. The van der Waals surface area contributed by atoms with Crippen molar-refractivity contribution in [2.45, 2.75) is 37.8 Å². The minimum Gasteiger partial charge on any atom is -0.372 e. The summed E-state index contributed by atoms with van der Waals surface area (Å²) in [6.07, 6.45) is 4.70. The Morgan fingerprint density at radius 1 is 1.35 bits per heavy atom. The Morgan fingerprint density at radius 2 is 2.00 bits per heavy atom. The third kappa shape index (κ3) is 3.41. The van der Waals surface area contributed by atoms with E-state index < -0.39 is 0 Å². The zero-order valence-electron chi connectivity index (χ0n) is 11.8. The van der Waals surface area contributed by atoms with E-state index in [1.54, 1.807) is 6.07 Å². The number of hydrogen-bond donors (Lipinski definition) is 1. The zero-order valence-corrected chi connectivity index (χ0v) is 14.0. The molecule has 6 heteroatoms. The quantitative estimate of drug-likeness (QED) is 0.488. The molecule has 1 aromatic carbocycles. The van der Waals surface area contributed by atoms with Gasteiger partial charge < -0.3 is 10.2 Å². The van der Waals surface area contributed by atoms with Gasteiger partial charge in [-0.3, -0.25) is 10.1 Å². The number of anilines is 1. The monoisotopic (exact) mass is 389 g/mol. The highest BCUT2D eigenvalue weighted by Gasteiger charge is 2.24. The van der Waals surface area contributed by atoms with Gasteiger partial charge in [0.2, 0.25) is 0 Å². The molecule has 0 radical (unpaired) electrons. The lowest BCUT2D eigenvalue weighted by molar-refractivity contribution is -0.385. The smallest absolute Gasteiger partial charge is 0.282 e. The van der Waals surface area contributed by atoms with Gasteiger partial charge in [0, 0.05) is 30.9 Å². The summed E-state index contributed by atoms with van der Waals surface area (Å²) in [5.41, 5.74) is 1.24. The lowest BCUT2D eigenvalue weighted by Gasteiger charge is -2.36. The van der Waals surface area contributed by atoms with E-state index in [-0.39, 0.29) is 10.6 Å². The average Bonchev–Trinajstić information content (AvgIpc) is 2.46. The van der Waals surface area contributed by atoms with E-state index in [1.165, 1.54) is 12.8 Å². The minimum atomic E-state index is -0.330. The van der Waals surface area contributed by atoms with Crippen LogP contribution in [0.2, 0.25) is 0 Å². The summed E-state index contributed by atoms with van der Waals surface area (Å²) >= 11 is 2.04. The molecule has 0 unspecified atom stereocenters. The molecule has 5 nitrogen and oxygen atoms in total. The molecular weight excluding hydrogens is 369 g/mol. The Bertz CT molecular complexity index is 487. The lowest BCUT2D eigenvalue weighted by Crippen LogP contribution is -2.39. The van der Waals surface area contributed by atoms with Crippen LogP contribution in [0.25, 0.3) is 0 Å². The van der Waals surface area contributed by atoms with Crippen molar-refractivity contribution in [3.05, 3.63) is 31.9 Å². The maximum atomic E-state index is 10.9. The van der Waals surface area contributed by atoms with Crippen LogP contribution in [0.4, 0.5) is 11.4 Å². The van der Waals surface area contributed by atoms with Crippen molar-refractivity contribution < 1.29 is 4.92 Å². The fraction of sp³-hybridized carbons (Fsp3) is 0.571. The molecule has 0 atom stereocenters. The van der Waals surface area contributed by atoms with Crippen LogP contribution < -0.4 is 10.2 Å². The van der Waals surface area contributed by atoms with E-state index in [0.717, 1.165) is 18.5 Å². The molecule has 0 spiro atoms. The molecule has 2 rings (SSSR count). The van der Waals surface area contributed by atoms with E-state index in [4.69, 9.17) is 0 Å². The van der Waals surface area contributed by atoms with Crippen LogP contribution in [0, 0.1) is 13.7 Å². The molecule has 0 heterocycles. The van der Waals surface area contributed by atoms with E-state index in [1.807, 2.05) is 41.8 Å². The van der Waals surface area contributed by atoms with Crippen LogP contribution in [-0.4, -0.2) is 31.1 Å². The number of nitrogens with one attached hydrogen (secondary N) is 1. The number of rotatable bonds is 4. The highest BCUT2D eigenvalue weighted by Crippen LogP contribution is 2.30. The molecule has 110 valence electrons. The third-order valence-electron chi connectivity index (χ3n) is 4.19. The first-order valence-corrected chi connectivity index (χ1v) is 7.95. The van der Waals surface area contributed by atoms with Crippen LogP contribution in [0.3, 0.4) is 0 Å². The van der Waals surface area contributed by atoms with Crippen molar-refractivity contribution in [1.29, 1.82) is 0 Å². The summed E-state index contributed by atoms with van der Waals surface area (Å²) in [7, 11) is 4.11. The van der Waals surface area contributed by atoms with Gasteiger partial charge in [0.1, 0.15) is 0 Å². The van der Waals surface area contributed by atoms with Crippen molar-refractivity contribution in [1.82, 2.24) is 5.32 Å². The first-order chi connectivity index (χ1) is 9.52. The Kier molecular flexibility index (Phi) is 5.20. The fourth-order valence-electron chi connectivity index (χ4n) is 2.83. The summed E-state index contributed by atoms with van der Waals surface area (Å²) in [6.45, 7) is 0. The van der Waals surface area contributed by atoms with Gasteiger partial charge in [-0.05, 0) is 67.5 Å². The molecule has 0 amide bonds. The van der Waals surface area contributed by atoms with Crippen molar-refractivity contribution in [2.24, 2.45) is 0 Å². The molecule has 0 bridgehead atoms. The number of benzene rings is 1. The number of halogens is 1. The number of nitrogens with zero attached hydrogens (tertiary/aromatic N) is 2. The maximum Gasteiger partial charge on any atom is 0.282 e. The van der Waals surface area contributed by atoms with E-state index in [0.29, 0.717) is 15.7 Å². The van der Waals surface area contributed by atoms with Crippen molar-refractivity contribution in [3.63, 3.8) is 0 Å². The second-order valence-electron chi connectivity index (χ2n) is 5.30. The van der Waals surface area contributed by atoms with Gasteiger partial charge in [-0.25, -0.2) is 0 Å². The molecular formula is C14H20IN3O2.